The highest BCUT2D eigenvalue weighted by molar-refractivity contribution is 6.21. The van der Waals surface area contributed by atoms with Crippen molar-refractivity contribution in [1.82, 2.24) is 4.90 Å². The minimum absolute atomic E-state index is 0.287. The molecular weight excluding hydrogens is 250 g/mol. The first-order valence-corrected chi connectivity index (χ1v) is 5.61. The van der Waals surface area contributed by atoms with Gasteiger partial charge in [0.05, 0.1) is 11.1 Å². The lowest BCUT2D eigenvalue weighted by atomic mass is 10.1. The van der Waals surface area contributed by atoms with Crippen LogP contribution in [0.5, 0.6) is 0 Å². The van der Waals surface area contributed by atoms with Crippen molar-refractivity contribution in [2.24, 2.45) is 0 Å². The van der Waals surface area contributed by atoms with Crippen LogP contribution in [0.15, 0.2) is 24.3 Å². The Morgan fingerprint density at radius 1 is 1.11 bits per heavy atom. The molecule has 19 heavy (non-hydrogen) atoms. The third-order valence-electron chi connectivity index (χ3n) is 2.63. The molecule has 0 radical (unpaired) electrons. The quantitative estimate of drug-likeness (QED) is 0.454. The summed E-state index contributed by atoms with van der Waals surface area (Å²) < 4.78 is 4.73. The van der Waals surface area contributed by atoms with E-state index in [1.807, 2.05) is 0 Å². The van der Waals surface area contributed by atoms with Gasteiger partial charge in [0.1, 0.15) is 12.2 Å². The number of benzene rings is 1. The SMILES string of the molecule is CC(=O)CC(=O)OCN1C(=O)c2ccccc2C1=O. The van der Waals surface area contributed by atoms with Crippen LogP contribution in [0.1, 0.15) is 34.1 Å². The molecule has 98 valence electrons. The van der Waals surface area contributed by atoms with Crippen LogP contribution in [-0.4, -0.2) is 35.2 Å². The zero-order valence-electron chi connectivity index (χ0n) is 10.2. The standard InChI is InChI=1S/C13H11NO5/c1-8(15)6-11(16)19-7-14-12(17)9-4-2-3-5-10(9)13(14)18/h2-5H,6-7H2,1H3. The maximum absolute atomic E-state index is 11.9. The number of hydrogen-bond acceptors (Lipinski definition) is 5. The van der Waals surface area contributed by atoms with E-state index < -0.39 is 24.5 Å². The summed E-state index contributed by atoms with van der Waals surface area (Å²) in [6, 6.07) is 6.37. The molecule has 0 spiro atoms. The van der Waals surface area contributed by atoms with Crippen LogP contribution in [0.3, 0.4) is 0 Å². The van der Waals surface area contributed by atoms with Crippen molar-refractivity contribution in [2.45, 2.75) is 13.3 Å². The maximum Gasteiger partial charge on any atom is 0.315 e. The minimum Gasteiger partial charge on any atom is -0.443 e. The number of esters is 1. The molecular formula is C13H11NO5. The van der Waals surface area contributed by atoms with Gasteiger partial charge >= 0.3 is 5.97 Å². The predicted molar refractivity (Wildman–Crippen MR) is 63.2 cm³/mol. The molecule has 0 aliphatic carbocycles. The van der Waals surface area contributed by atoms with Crippen LogP contribution >= 0.6 is 0 Å². The molecule has 0 saturated heterocycles. The molecule has 0 bridgehead atoms. The van der Waals surface area contributed by atoms with Gasteiger partial charge in [-0.3, -0.25) is 19.2 Å². The van der Waals surface area contributed by atoms with Crippen LogP contribution in [0, 0.1) is 0 Å². The molecule has 0 aromatic heterocycles. The topological polar surface area (TPSA) is 80.8 Å². The van der Waals surface area contributed by atoms with Gasteiger partial charge in [0, 0.05) is 0 Å². The molecule has 2 rings (SSSR count). The number of carbonyl (C=O) groups is 4. The van der Waals surface area contributed by atoms with Crippen molar-refractivity contribution >= 4 is 23.6 Å². The third kappa shape index (κ3) is 2.52. The van der Waals surface area contributed by atoms with Crippen LogP contribution < -0.4 is 0 Å². The maximum atomic E-state index is 11.9. The zero-order chi connectivity index (χ0) is 14.0. The number of hydrogen-bond donors (Lipinski definition) is 0. The molecule has 0 saturated carbocycles. The van der Waals surface area contributed by atoms with E-state index in [2.05, 4.69) is 0 Å². The monoisotopic (exact) mass is 261 g/mol. The molecule has 0 unspecified atom stereocenters. The van der Waals surface area contributed by atoms with E-state index in [1.165, 1.54) is 19.1 Å². The fraction of sp³-hybridized carbons (Fsp3) is 0.231. The minimum atomic E-state index is -0.760. The molecule has 0 fully saturated rings. The second kappa shape index (κ2) is 5.01. The van der Waals surface area contributed by atoms with Crippen molar-refractivity contribution in [3.05, 3.63) is 35.4 Å². The Balaban J connectivity index is 2.05. The third-order valence-corrected chi connectivity index (χ3v) is 2.63. The van der Waals surface area contributed by atoms with Crippen molar-refractivity contribution < 1.29 is 23.9 Å². The number of imide groups is 1. The summed E-state index contributed by atoms with van der Waals surface area (Å²) in [5, 5.41) is 0. The summed E-state index contributed by atoms with van der Waals surface area (Å²) in [4.78, 5) is 46.5. The summed E-state index contributed by atoms with van der Waals surface area (Å²) in [5.74, 6) is -2.11. The normalized spacial score (nSPS) is 13.4. The number of ether oxygens (including phenoxy) is 1. The van der Waals surface area contributed by atoms with Gasteiger partial charge in [0.25, 0.3) is 11.8 Å². The highest BCUT2D eigenvalue weighted by Crippen LogP contribution is 2.22. The van der Waals surface area contributed by atoms with E-state index in [-0.39, 0.29) is 23.3 Å². The second-order valence-electron chi connectivity index (χ2n) is 4.11. The number of rotatable bonds is 4. The number of Topliss-reactive ketones (excluding diaryl/α,β-unsaturated/α-hetero) is 1. The predicted octanol–water partition coefficient (Wildman–Crippen LogP) is 0.762. The van der Waals surface area contributed by atoms with Gasteiger partial charge in [0.2, 0.25) is 0 Å². The van der Waals surface area contributed by atoms with Crippen molar-refractivity contribution in [3.8, 4) is 0 Å². The van der Waals surface area contributed by atoms with Gasteiger partial charge in [-0.25, -0.2) is 4.90 Å². The van der Waals surface area contributed by atoms with Gasteiger partial charge < -0.3 is 4.74 Å². The summed E-state index contributed by atoms with van der Waals surface area (Å²) in [5.41, 5.74) is 0.574. The van der Waals surface area contributed by atoms with Crippen LogP contribution in [0.25, 0.3) is 0 Å². The molecule has 6 nitrogen and oxygen atoms in total. The molecule has 2 amide bonds. The fourth-order valence-corrected chi connectivity index (χ4v) is 1.75. The first-order chi connectivity index (χ1) is 9.00. The van der Waals surface area contributed by atoms with Crippen LogP contribution in [0.2, 0.25) is 0 Å². The van der Waals surface area contributed by atoms with E-state index >= 15 is 0 Å². The Hall–Kier alpha value is -2.50. The zero-order valence-corrected chi connectivity index (χ0v) is 10.2. The van der Waals surface area contributed by atoms with Crippen LogP contribution in [0.4, 0.5) is 0 Å². The Labute approximate surface area is 108 Å². The summed E-state index contributed by atoms with van der Waals surface area (Å²) in [7, 11) is 0. The van der Waals surface area contributed by atoms with E-state index in [4.69, 9.17) is 4.74 Å². The molecule has 1 aliphatic rings. The Morgan fingerprint density at radius 2 is 1.63 bits per heavy atom. The number of nitrogens with zero attached hydrogens (tertiary/aromatic N) is 1. The van der Waals surface area contributed by atoms with Gasteiger partial charge in [-0.15, -0.1) is 0 Å². The van der Waals surface area contributed by atoms with Crippen molar-refractivity contribution in [3.63, 3.8) is 0 Å². The van der Waals surface area contributed by atoms with Gasteiger partial charge in [-0.2, -0.15) is 0 Å². The average molecular weight is 261 g/mol. The Bertz CT molecular complexity index is 543. The highest BCUT2D eigenvalue weighted by Gasteiger charge is 2.35. The number of fused-ring (bicyclic) bond motifs is 1. The molecule has 6 heteroatoms. The smallest absolute Gasteiger partial charge is 0.315 e. The lowest BCUT2D eigenvalue weighted by molar-refractivity contribution is -0.148. The lowest BCUT2D eigenvalue weighted by Crippen LogP contribution is -2.33. The van der Waals surface area contributed by atoms with Crippen molar-refractivity contribution in [2.75, 3.05) is 6.73 Å². The molecule has 1 aromatic rings. The fourth-order valence-electron chi connectivity index (χ4n) is 1.75. The van der Waals surface area contributed by atoms with Crippen LogP contribution in [-0.2, 0) is 14.3 Å². The summed E-state index contributed by atoms with van der Waals surface area (Å²) >= 11 is 0. The summed E-state index contributed by atoms with van der Waals surface area (Å²) in [6.07, 6.45) is -0.372. The molecule has 0 N–H and O–H groups in total. The molecule has 0 atom stereocenters. The molecule has 1 aromatic carbocycles. The van der Waals surface area contributed by atoms with E-state index in [0.29, 0.717) is 0 Å². The van der Waals surface area contributed by atoms with Gasteiger partial charge in [0.15, 0.2) is 6.73 Å². The van der Waals surface area contributed by atoms with E-state index in [0.717, 1.165) is 4.90 Å². The van der Waals surface area contributed by atoms with Gasteiger partial charge in [-0.1, -0.05) is 12.1 Å². The van der Waals surface area contributed by atoms with Crippen molar-refractivity contribution in [1.29, 1.82) is 0 Å². The molecule has 1 aliphatic heterocycles. The summed E-state index contributed by atoms with van der Waals surface area (Å²) in [6.45, 7) is 0.779. The van der Waals surface area contributed by atoms with E-state index in [9.17, 15) is 19.2 Å². The highest BCUT2D eigenvalue weighted by atomic mass is 16.5. The Kier molecular flexibility index (Phi) is 3.41. The largest absolute Gasteiger partial charge is 0.443 e. The molecule has 1 heterocycles. The van der Waals surface area contributed by atoms with E-state index in [1.54, 1.807) is 12.1 Å². The number of ketones is 1. The number of carbonyl (C=O) groups excluding carboxylic acids is 4. The van der Waals surface area contributed by atoms with Gasteiger partial charge in [-0.05, 0) is 19.1 Å². The average Bonchev–Trinajstić information content (AvgIpc) is 2.60. The lowest BCUT2D eigenvalue weighted by Gasteiger charge is -2.13. The first-order valence-electron chi connectivity index (χ1n) is 5.61. The first kappa shape index (κ1) is 12.9. The number of amides is 2. The Morgan fingerprint density at radius 3 is 2.11 bits per heavy atom. The second-order valence-corrected chi connectivity index (χ2v) is 4.11.